The Morgan fingerprint density at radius 2 is 2.11 bits per heavy atom. The molecule has 1 amide bonds. The van der Waals surface area contributed by atoms with Gasteiger partial charge in [0.1, 0.15) is 0 Å². The van der Waals surface area contributed by atoms with Crippen LogP contribution in [-0.2, 0) is 11.2 Å². The summed E-state index contributed by atoms with van der Waals surface area (Å²) >= 11 is 0. The van der Waals surface area contributed by atoms with Crippen LogP contribution in [0, 0.1) is 17.3 Å². The van der Waals surface area contributed by atoms with Crippen molar-refractivity contribution < 1.29 is 14.6 Å². The van der Waals surface area contributed by atoms with Crippen molar-refractivity contribution in [3.05, 3.63) is 23.3 Å². The first-order valence-corrected chi connectivity index (χ1v) is 10.7. The van der Waals surface area contributed by atoms with Crippen molar-refractivity contribution in [3.63, 3.8) is 0 Å². The molecule has 3 aliphatic carbocycles. The molecule has 1 aromatic carbocycles. The zero-order valence-electron chi connectivity index (χ0n) is 16.9. The maximum Gasteiger partial charge on any atom is 0.220 e. The maximum atomic E-state index is 12.2. The summed E-state index contributed by atoms with van der Waals surface area (Å²) in [5, 5.41) is 13.5. The monoisotopic (exact) mass is 371 g/mol. The zero-order valence-corrected chi connectivity index (χ0v) is 16.9. The Kier molecular flexibility index (Phi) is 4.85. The molecule has 0 radical (unpaired) electrons. The van der Waals surface area contributed by atoms with Gasteiger partial charge in [-0.05, 0) is 91.4 Å². The van der Waals surface area contributed by atoms with E-state index in [1.807, 2.05) is 6.07 Å². The average Bonchev–Trinajstić information content (AvgIpc) is 2.97. The van der Waals surface area contributed by atoms with E-state index >= 15 is 0 Å². The fourth-order valence-corrected chi connectivity index (χ4v) is 6.48. The van der Waals surface area contributed by atoms with Crippen molar-refractivity contribution >= 4 is 5.91 Å². The van der Waals surface area contributed by atoms with Crippen LogP contribution in [0.4, 0.5) is 0 Å². The number of hydrogen-bond acceptors (Lipinski definition) is 3. The Morgan fingerprint density at radius 1 is 1.30 bits per heavy atom. The van der Waals surface area contributed by atoms with Gasteiger partial charge < -0.3 is 15.2 Å². The summed E-state index contributed by atoms with van der Waals surface area (Å²) in [6.45, 7) is 4.49. The zero-order chi connectivity index (χ0) is 19.2. The number of nitrogens with one attached hydrogen (secondary N) is 1. The van der Waals surface area contributed by atoms with Crippen LogP contribution in [-0.4, -0.2) is 24.2 Å². The van der Waals surface area contributed by atoms with Crippen LogP contribution in [0.1, 0.15) is 75.8 Å². The van der Waals surface area contributed by atoms with Crippen LogP contribution < -0.4 is 10.1 Å². The summed E-state index contributed by atoms with van der Waals surface area (Å²) in [6, 6.07) is 4.33. The lowest BCUT2D eigenvalue weighted by Crippen LogP contribution is -2.50. The van der Waals surface area contributed by atoms with E-state index in [4.69, 9.17) is 4.74 Å². The fraction of sp³-hybridized carbons (Fsp3) is 0.696. The van der Waals surface area contributed by atoms with E-state index < -0.39 is 0 Å². The number of hydrogen-bond donors (Lipinski definition) is 2. The van der Waals surface area contributed by atoms with Crippen molar-refractivity contribution in [3.8, 4) is 11.5 Å². The smallest absolute Gasteiger partial charge is 0.220 e. The SMILES string of the molecule is CCCC(=O)N[C@H]1CCC2C3CCc4cc(O)c(OC)cc4C3CC[C@@]21C. The molecule has 4 heteroatoms. The molecule has 0 aliphatic heterocycles. The molecule has 0 spiro atoms. The predicted molar refractivity (Wildman–Crippen MR) is 106 cm³/mol. The standard InChI is InChI=1S/C23H33NO3/c1-4-5-22(26)24-21-9-8-18-16-7-6-14-12-19(25)20(27-3)13-17(14)15(16)10-11-23(18,21)2/h12-13,15-16,18,21,25H,4-11H2,1-3H3,(H,24,26)/t15?,16?,18?,21-,23-/m0/s1. The minimum Gasteiger partial charge on any atom is -0.504 e. The predicted octanol–water partition coefficient (Wildman–Crippen LogP) is 4.54. The minimum atomic E-state index is 0.223. The summed E-state index contributed by atoms with van der Waals surface area (Å²) in [7, 11) is 1.63. The molecule has 5 atom stereocenters. The first kappa shape index (κ1) is 18.6. The molecule has 2 fully saturated rings. The highest BCUT2D eigenvalue weighted by Gasteiger charge is 2.55. The van der Waals surface area contributed by atoms with Gasteiger partial charge >= 0.3 is 0 Å². The van der Waals surface area contributed by atoms with Gasteiger partial charge in [0.15, 0.2) is 11.5 Å². The third-order valence-corrected chi connectivity index (χ3v) is 7.84. The Hall–Kier alpha value is -1.71. The summed E-state index contributed by atoms with van der Waals surface area (Å²) in [5.41, 5.74) is 2.91. The first-order valence-electron chi connectivity index (χ1n) is 10.7. The molecule has 148 valence electrons. The molecular weight excluding hydrogens is 338 g/mol. The van der Waals surface area contributed by atoms with Crippen molar-refractivity contribution in [1.82, 2.24) is 5.32 Å². The van der Waals surface area contributed by atoms with Gasteiger partial charge in [0.25, 0.3) is 0 Å². The number of aromatic hydroxyl groups is 1. The molecule has 0 aromatic heterocycles. The van der Waals surface area contributed by atoms with Crippen LogP contribution in [0.2, 0.25) is 0 Å². The lowest BCUT2D eigenvalue weighted by atomic mass is 9.55. The number of benzene rings is 1. The summed E-state index contributed by atoms with van der Waals surface area (Å²) < 4.78 is 5.38. The second-order valence-electron chi connectivity index (χ2n) is 9.13. The largest absolute Gasteiger partial charge is 0.504 e. The highest BCUT2D eigenvalue weighted by molar-refractivity contribution is 5.76. The van der Waals surface area contributed by atoms with E-state index in [1.165, 1.54) is 36.8 Å². The number of methoxy groups -OCH3 is 1. The van der Waals surface area contributed by atoms with Gasteiger partial charge in [-0.3, -0.25) is 4.79 Å². The van der Waals surface area contributed by atoms with Crippen LogP contribution in [0.5, 0.6) is 11.5 Å². The van der Waals surface area contributed by atoms with Crippen LogP contribution in [0.15, 0.2) is 12.1 Å². The van der Waals surface area contributed by atoms with Gasteiger partial charge in [0.05, 0.1) is 7.11 Å². The number of carbonyl (C=O) groups is 1. The summed E-state index contributed by atoms with van der Waals surface area (Å²) in [4.78, 5) is 12.2. The van der Waals surface area contributed by atoms with Gasteiger partial charge in [-0.15, -0.1) is 0 Å². The van der Waals surface area contributed by atoms with Crippen molar-refractivity contribution in [2.45, 2.75) is 77.2 Å². The van der Waals surface area contributed by atoms with Crippen LogP contribution in [0.25, 0.3) is 0 Å². The van der Waals surface area contributed by atoms with Gasteiger partial charge in [-0.2, -0.15) is 0 Å². The van der Waals surface area contributed by atoms with Crippen molar-refractivity contribution in [1.29, 1.82) is 0 Å². The fourth-order valence-electron chi connectivity index (χ4n) is 6.48. The highest BCUT2D eigenvalue weighted by atomic mass is 16.5. The average molecular weight is 372 g/mol. The van der Waals surface area contributed by atoms with Crippen molar-refractivity contribution in [2.75, 3.05) is 7.11 Å². The van der Waals surface area contributed by atoms with E-state index in [-0.39, 0.29) is 17.1 Å². The van der Waals surface area contributed by atoms with E-state index in [1.54, 1.807) is 7.11 Å². The lowest BCUT2D eigenvalue weighted by Gasteiger charge is -2.51. The molecular formula is C23H33NO3. The highest BCUT2D eigenvalue weighted by Crippen LogP contribution is 2.61. The summed E-state index contributed by atoms with van der Waals surface area (Å²) in [6.07, 6.45) is 8.45. The third-order valence-electron chi connectivity index (χ3n) is 7.84. The number of amides is 1. The number of phenolic OH excluding ortho intramolecular Hbond substituents is 1. The second-order valence-corrected chi connectivity index (χ2v) is 9.13. The van der Waals surface area contributed by atoms with Crippen molar-refractivity contribution in [2.24, 2.45) is 17.3 Å². The molecule has 0 heterocycles. The van der Waals surface area contributed by atoms with E-state index in [9.17, 15) is 9.90 Å². The molecule has 2 N–H and O–H groups in total. The van der Waals surface area contributed by atoms with Crippen LogP contribution >= 0.6 is 0 Å². The van der Waals surface area contributed by atoms with E-state index in [0.717, 1.165) is 19.3 Å². The molecule has 3 aliphatic rings. The topological polar surface area (TPSA) is 58.6 Å². The molecule has 0 saturated heterocycles. The third kappa shape index (κ3) is 3.01. The molecule has 4 nitrogen and oxygen atoms in total. The first-order chi connectivity index (χ1) is 13.0. The number of aryl methyl sites for hydroxylation is 1. The normalized spacial score (nSPS) is 34.3. The molecule has 2 saturated carbocycles. The van der Waals surface area contributed by atoms with Crippen LogP contribution in [0.3, 0.4) is 0 Å². The Morgan fingerprint density at radius 3 is 2.85 bits per heavy atom. The maximum absolute atomic E-state index is 12.2. The quantitative estimate of drug-likeness (QED) is 0.817. The number of phenols is 1. The van der Waals surface area contributed by atoms with Gasteiger partial charge in [0.2, 0.25) is 5.91 Å². The van der Waals surface area contributed by atoms with Gasteiger partial charge in [-0.25, -0.2) is 0 Å². The number of carbonyl (C=O) groups excluding carboxylic acids is 1. The Labute approximate surface area is 162 Å². The number of ether oxygens (including phenoxy) is 1. The molecule has 0 bridgehead atoms. The molecule has 1 aromatic rings. The van der Waals surface area contributed by atoms with E-state index in [2.05, 4.69) is 25.2 Å². The Balaban J connectivity index is 1.58. The van der Waals surface area contributed by atoms with Gasteiger partial charge in [0, 0.05) is 12.5 Å². The number of rotatable bonds is 4. The molecule has 27 heavy (non-hydrogen) atoms. The number of fused-ring (bicyclic) bond motifs is 5. The minimum absolute atomic E-state index is 0.223. The molecule has 4 rings (SSSR count). The second kappa shape index (κ2) is 7.03. The van der Waals surface area contributed by atoms with Gasteiger partial charge in [-0.1, -0.05) is 13.8 Å². The molecule has 3 unspecified atom stereocenters. The summed E-state index contributed by atoms with van der Waals surface area (Å²) in [5.74, 6) is 3.00. The lowest BCUT2D eigenvalue weighted by molar-refractivity contribution is -0.123. The van der Waals surface area contributed by atoms with E-state index in [0.29, 0.717) is 36.0 Å². The Bertz CT molecular complexity index is 731.